The van der Waals surface area contributed by atoms with E-state index in [2.05, 4.69) is 21.4 Å². The Labute approximate surface area is 207 Å². The zero-order valence-corrected chi connectivity index (χ0v) is 20.7. The SMILES string of the molecule is Cc1ccc(NC(=O)c2cc(CN(C)C)cc(C(F)(F)F)c2)cc1N1C=C(c2cnn(C)c2C)NN1. The molecule has 2 aromatic carbocycles. The first-order valence-corrected chi connectivity index (χ1v) is 11.2. The van der Waals surface area contributed by atoms with Crippen molar-refractivity contribution in [1.82, 2.24) is 25.6 Å². The van der Waals surface area contributed by atoms with Crippen molar-refractivity contribution in [2.24, 2.45) is 7.05 Å². The number of hydrogen-bond donors (Lipinski definition) is 3. The predicted molar refractivity (Wildman–Crippen MR) is 133 cm³/mol. The maximum absolute atomic E-state index is 13.5. The maximum Gasteiger partial charge on any atom is 0.416 e. The second-order valence-electron chi connectivity index (χ2n) is 9.03. The lowest BCUT2D eigenvalue weighted by atomic mass is 10.0. The molecule has 0 bridgehead atoms. The molecule has 1 aliphatic heterocycles. The van der Waals surface area contributed by atoms with Gasteiger partial charge in [0.05, 0.1) is 23.1 Å². The van der Waals surface area contributed by atoms with Crippen molar-refractivity contribution in [3.05, 3.63) is 82.3 Å². The highest BCUT2D eigenvalue weighted by molar-refractivity contribution is 6.04. The minimum atomic E-state index is -4.56. The first-order valence-electron chi connectivity index (χ1n) is 11.2. The Balaban J connectivity index is 1.59. The van der Waals surface area contributed by atoms with Crippen LogP contribution in [0.1, 0.15) is 38.3 Å². The van der Waals surface area contributed by atoms with E-state index in [1.165, 1.54) is 6.07 Å². The van der Waals surface area contributed by atoms with Gasteiger partial charge in [0.1, 0.15) is 0 Å². The summed E-state index contributed by atoms with van der Waals surface area (Å²) >= 11 is 0. The highest BCUT2D eigenvalue weighted by Crippen LogP contribution is 2.32. The molecule has 0 fully saturated rings. The number of aryl methyl sites for hydroxylation is 2. The zero-order chi connectivity index (χ0) is 26.2. The number of benzene rings is 2. The highest BCUT2D eigenvalue weighted by atomic mass is 19.4. The van der Waals surface area contributed by atoms with Gasteiger partial charge in [0.2, 0.25) is 0 Å². The summed E-state index contributed by atoms with van der Waals surface area (Å²) < 4.78 is 42.1. The average Bonchev–Trinajstić information content (AvgIpc) is 3.40. The maximum atomic E-state index is 13.5. The first-order chi connectivity index (χ1) is 16.9. The number of amides is 1. The second-order valence-corrected chi connectivity index (χ2v) is 9.03. The number of alkyl halides is 3. The Hall–Kier alpha value is -3.83. The molecule has 0 aliphatic carbocycles. The number of anilines is 2. The van der Waals surface area contributed by atoms with E-state index in [4.69, 9.17) is 0 Å². The van der Waals surface area contributed by atoms with Gasteiger partial charge < -0.3 is 15.6 Å². The van der Waals surface area contributed by atoms with Gasteiger partial charge >= 0.3 is 6.18 Å². The Bertz CT molecular complexity index is 1330. The van der Waals surface area contributed by atoms with Crippen LogP contribution < -0.4 is 21.3 Å². The third-order valence-electron chi connectivity index (χ3n) is 5.90. The van der Waals surface area contributed by atoms with Crippen LogP contribution in [0.2, 0.25) is 0 Å². The van der Waals surface area contributed by atoms with E-state index in [0.29, 0.717) is 11.3 Å². The zero-order valence-electron chi connectivity index (χ0n) is 20.7. The fourth-order valence-corrected chi connectivity index (χ4v) is 3.94. The van der Waals surface area contributed by atoms with Crippen LogP contribution in [0.4, 0.5) is 24.5 Å². The molecule has 4 rings (SSSR count). The van der Waals surface area contributed by atoms with Crippen molar-refractivity contribution >= 4 is 23.0 Å². The van der Waals surface area contributed by atoms with Crippen molar-refractivity contribution in [3.63, 3.8) is 0 Å². The molecule has 11 heteroatoms. The van der Waals surface area contributed by atoms with Crippen LogP contribution in [0.5, 0.6) is 0 Å². The number of halogens is 3. The van der Waals surface area contributed by atoms with Crippen molar-refractivity contribution in [2.45, 2.75) is 26.6 Å². The van der Waals surface area contributed by atoms with Crippen LogP contribution in [-0.4, -0.2) is 34.7 Å². The lowest BCUT2D eigenvalue weighted by molar-refractivity contribution is -0.137. The van der Waals surface area contributed by atoms with E-state index < -0.39 is 17.6 Å². The number of hydrazine groups is 2. The van der Waals surface area contributed by atoms with E-state index in [1.807, 2.05) is 33.2 Å². The molecule has 1 amide bonds. The molecule has 3 N–H and O–H groups in total. The van der Waals surface area contributed by atoms with Crippen molar-refractivity contribution in [3.8, 4) is 0 Å². The summed E-state index contributed by atoms with van der Waals surface area (Å²) in [5.74, 6) is -0.620. The summed E-state index contributed by atoms with van der Waals surface area (Å²) in [6.07, 6.45) is -0.916. The van der Waals surface area contributed by atoms with Crippen LogP contribution >= 0.6 is 0 Å². The van der Waals surface area contributed by atoms with Crippen LogP contribution in [-0.2, 0) is 19.8 Å². The summed E-state index contributed by atoms with van der Waals surface area (Å²) in [6, 6.07) is 8.73. The number of carbonyl (C=O) groups excluding carboxylic acids is 1. The summed E-state index contributed by atoms with van der Waals surface area (Å²) in [7, 11) is 5.37. The Morgan fingerprint density at radius 3 is 2.53 bits per heavy atom. The van der Waals surface area contributed by atoms with Crippen LogP contribution in [0.15, 0.2) is 48.8 Å². The van der Waals surface area contributed by atoms with Gasteiger partial charge in [0, 0.05) is 42.3 Å². The van der Waals surface area contributed by atoms with Crippen LogP contribution in [0.25, 0.3) is 5.70 Å². The second kappa shape index (κ2) is 9.67. The molecular formula is C25H28F3N7O. The number of aromatic nitrogens is 2. The molecule has 0 spiro atoms. The monoisotopic (exact) mass is 499 g/mol. The minimum absolute atomic E-state index is 0.0565. The van der Waals surface area contributed by atoms with Gasteiger partial charge in [0.25, 0.3) is 5.91 Å². The fourth-order valence-electron chi connectivity index (χ4n) is 3.94. The molecule has 190 valence electrons. The molecule has 0 radical (unpaired) electrons. The van der Waals surface area contributed by atoms with Crippen molar-refractivity contribution in [2.75, 3.05) is 24.4 Å². The average molecular weight is 500 g/mol. The van der Waals surface area contributed by atoms with Gasteiger partial charge in [-0.25, -0.2) is 0 Å². The van der Waals surface area contributed by atoms with Gasteiger partial charge in [-0.1, -0.05) is 6.07 Å². The van der Waals surface area contributed by atoms with E-state index >= 15 is 0 Å². The molecular weight excluding hydrogens is 471 g/mol. The van der Waals surface area contributed by atoms with Crippen LogP contribution in [0.3, 0.4) is 0 Å². The van der Waals surface area contributed by atoms with E-state index in [9.17, 15) is 18.0 Å². The minimum Gasteiger partial charge on any atom is -0.322 e. The quantitative estimate of drug-likeness (QED) is 0.472. The Kier molecular flexibility index (Phi) is 6.79. The molecule has 0 saturated carbocycles. The lowest BCUT2D eigenvalue weighted by Gasteiger charge is -2.19. The van der Waals surface area contributed by atoms with Gasteiger partial charge in [-0.2, -0.15) is 18.3 Å². The summed E-state index contributed by atoms with van der Waals surface area (Å²) in [5, 5.41) is 8.77. The normalized spacial score (nSPS) is 13.7. The van der Waals surface area contributed by atoms with Gasteiger partial charge in [-0.15, -0.1) is 5.53 Å². The summed E-state index contributed by atoms with van der Waals surface area (Å²) in [5.41, 5.74) is 10.6. The molecule has 8 nitrogen and oxygen atoms in total. The third kappa shape index (κ3) is 5.37. The van der Waals surface area contributed by atoms with E-state index in [1.54, 1.807) is 47.0 Å². The summed E-state index contributed by atoms with van der Waals surface area (Å²) in [4.78, 5) is 14.7. The topological polar surface area (TPSA) is 77.5 Å². The van der Waals surface area contributed by atoms with Gasteiger partial charge in [-0.05, 0) is 69.4 Å². The Morgan fingerprint density at radius 2 is 1.89 bits per heavy atom. The van der Waals surface area contributed by atoms with Gasteiger partial charge in [0.15, 0.2) is 0 Å². The number of hydrogen-bond acceptors (Lipinski definition) is 6. The smallest absolute Gasteiger partial charge is 0.322 e. The molecule has 1 aliphatic rings. The number of nitrogens with one attached hydrogen (secondary N) is 3. The fraction of sp³-hybridized carbons (Fsp3) is 0.280. The number of nitrogens with zero attached hydrogens (tertiary/aromatic N) is 4. The Morgan fingerprint density at radius 1 is 1.14 bits per heavy atom. The lowest BCUT2D eigenvalue weighted by Crippen LogP contribution is -2.36. The van der Waals surface area contributed by atoms with E-state index in [0.717, 1.165) is 40.3 Å². The number of rotatable bonds is 6. The molecule has 1 aromatic heterocycles. The third-order valence-corrected chi connectivity index (χ3v) is 5.90. The summed E-state index contributed by atoms with van der Waals surface area (Å²) in [6.45, 7) is 4.16. The van der Waals surface area contributed by atoms with Crippen molar-refractivity contribution in [1.29, 1.82) is 0 Å². The molecule has 0 atom stereocenters. The number of carbonyl (C=O) groups is 1. The highest BCUT2D eigenvalue weighted by Gasteiger charge is 2.32. The predicted octanol–water partition coefficient (Wildman–Crippen LogP) is 4.20. The van der Waals surface area contributed by atoms with Crippen molar-refractivity contribution < 1.29 is 18.0 Å². The molecule has 3 aromatic rings. The van der Waals surface area contributed by atoms with Crippen LogP contribution in [0, 0.1) is 13.8 Å². The standard InChI is InChI=1S/C25H28F3N7O/c1-15-6-7-20(11-23(15)35-14-22(31-32-35)21-12-29-34(5)16(21)2)30-24(36)18-8-17(13-33(3)4)9-19(10-18)25(26,27)28/h6-12,14,31-32H,13H2,1-5H3,(H,30,36). The largest absolute Gasteiger partial charge is 0.416 e. The van der Waals surface area contributed by atoms with Gasteiger partial charge in [-0.3, -0.25) is 14.5 Å². The molecule has 2 heterocycles. The first kappa shape index (κ1) is 25.3. The molecule has 0 saturated heterocycles. The molecule has 36 heavy (non-hydrogen) atoms. The van der Waals surface area contributed by atoms with E-state index in [-0.39, 0.29) is 12.1 Å². The molecule has 0 unspecified atom stereocenters.